The Kier molecular flexibility index (Phi) is 7.70. The normalized spacial score (nSPS) is 11.4. The van der Waals surface area contributed by atoms with Gasteiger partial charge in [0.2, 0.25) is 0 Å². The van der Waals surface area contributed by atoms with Crippen LogP contribution in [0, 0.1) is 5.41 Å². The molecule has 0 aliphatic carbocycles. The van der Waals surface area contributed by atoms with Crippen LogP contribution >= 0.6 is 11.6 Å². The Morgan fingerprint density at radius 2 is 1.56 bits per heavy atom. The summed E-state index contributed by atoms with van der Waals surface area (Å²) in [5, 5.41) is 15.2. The molecule has 0 radical (unpaired) electrons. The lowest BCUT2D eigenvalue weighted by Crippen LogP contribution is -2.26. The van der Waals surface area contributed by atoms with Crippen molar-refractivity contribution in [3.05, 3.63) is 112 Å². The zero-order valence-electron chi connectivity index (χ0n) is 20.4. The van der Waals surface area contributed by atoms with Gasteiger partial charge >= 0.3 is 5.97 Å². The van der Waals surface area contributed by atoms with Gasteiger partial charge in [-0.15, -0.1) is 0 Å². The minimum Gasteiger partial charge on any atom is -0.481 e. The van der Waals surface area contributed by atoms with Crippen molar-refractivity contribution in [2.45, 2.75) is 33.1 Å². The van der Waals surface area contributed by atoms with Gasteiger partial charge in [-0.05, 0) is 73.0 Å². The van der Waals surface area contributed by atoms with Crippen LogP contribution < -0.4 is 5.32 Å². The highest BCUT2D eigenvalue weighted by atomic mass is 35.5. The van der Waals surface area contributed by atoms with Crippen LogP contribution in [0.1, 0.15) is 46.6 Å². The number of benzene rings is 3. The molecule has 2 N–H and O–H groups in total. The molecule has 0 atom stereocenters. The minimum atomic E-state index is -0.878. The molecule has 4 aromatic rings. The predicted octanol–water partition coefficient (Wildman–Crippen LogP) is 6.10. The monoisotopic (exact) mass is 500 g/mol. The third-order valence-electron chi connectivity index (χ3n) is 6.37. The number of aromatic nitrogens is 1. The Hall–Kier alpha value is -3.70. The smallest absolute Gasteiger partial charge is 0.309 e. The predicted molar refractivity (Wildman–Crippen MR) is 144 cm³/mol. The highest BCUT2D eigenvalue weighted by Crippen LogP contribution is 2.29. The molecule has 36 heavy (non-hydrogen) atoms. The summed E-state index contributed by atoms with van der Waals surface area (Å²) in [6.45, 7) is 4.00. The molecule has 6 heteroatoms. The van der Waals surface area contributed by atoms with Crippen LogP contribution in [0.15, 0.2) is 79.0 Å². The van der Waals surface area contributed by atoms with Crippen LogP contribution in [0.5, 0.6) is 0 Å². The number of nitrogens with zero attached hydrogens (tertiary/aromatic N) is 1. The molecule has 1 aromatic heterocycles. The highest BCUT2D eigenvalue weighted by Gasteiger charge is 2.28. The fraction of sp³-hybridized carbons (Fsp3) is 0.233. The molecule has 0 bridgehead atoms. The van der Waals surface area contributed by atoms with E-state index >= 15 is 0 Å². The van der Waals surface area contributed by atoms with Crippen molar-refractivity contribution < 1.29 is 14.7 Å². The van der Waals surface area contributed by atoms with Gasteiger partial charge in [-0.3, -0.25) is 14.6 Å². The number of nitrogens with one attached hydrogen (secondary N) is 1. The summed E-state index contributed by atoms with van der Waals surface area (Å²) >= 11 is 5.92. The Morgan fingerprint density at radius 3 is 2.22 bits per heavy atom. The summed E-state index contributed by atoms with van der Waals surface area (Å²) < 4.78 is 0. The minimum absolute atomic E-state index is 0.107. The van der Waals surface area contributed by atoms with E-state index in [-0.39, 0.29) is 5.91 Å². The fourth-order valence-electron chi connectivity index (χ4n) is 4.18. The third-order valence-corrected chi connectivity index (χ3v) is 6.62. The number of aliphatic carboxylic acids is 1. The summed E-state index contributed by atoms with van der Waals surface area (Å²) in [5.41, 5.74) is 3.74. The number of amides is 1. The first-order valence-corrected chi connectivity index (χ1v) is 12.3. The van der Waals surface area contributed by atoms with Crippen molar-refractivity contribution >= 4 is 34.2 Å². The van der Waals surface area contributed by atoms with E-state index in [1.54, 1.807) is 20.0 Å². The Bertz CT molecular complexity index is 1380. The van der Waals surface area contributed by atoms with E-state index in [0.717, 1.165) is 39.6 Å². The van der Waals surface area contributed by atoms with Crippen molar-refractivity contribution in [2.24, 2.45) is 5.41 Å². The number of hydrogen-bond donors (Lipinski definition) is 2. The molecule has 0 fully saturated rings. The van der Waals surface area contributed by atoms with Crippen LogP contribution in [0.3, 0.4) is 0 Å². The maximum Gasteiger partial charge on any atom is 0.309 e. The molecule has 0 spiro atoms. The summed E-state index contributed by atoms with van der Waals surface area (Å²) in [6, 6.07) is 23.2. The Labute approximate surface area is 216 Å². The highest BCUT2D eigenvalue weighted by molar-refractivity contribution is 6.30. The van der Waals surface area contributed by atoms with Gasteiger partial charge in [-0.1, -0.05) is 60.1 Å². The second kappa shape index (κ2) is 10.9. The molecule has 5 nitrogen and oxygen atoms in total. The van der Waals surface area contributed by atoms with Crippen molar-refractivity contribution in [3.63, 3.8) is 0 Å². The van der Waals surface area contributed by atoms with E-state index in [4.69, 9.17) is 16.6 Å². The van der Waals surface area contributed by atoms with Crippen LogP contribution in [0.2, 0.25) is 5.02 Å². The number of carboxylic acids is 1. The van der Waals surface area contributed by atoms with Crippen LogP contribution in [-0.2, 0) is 24.1 Å². The number of halogens is 1. The molecule has 1 amide bonds. The number of rotatable bonds is 9. The van der Waals surface area contributed by atoms with Crippen LogP contribution in [0.4, 0.5) is 0 Å². The molecule has 184 valence electrons. The van der Waals surface area contributed by atoms with E-state index in [0.29, 0.717) is 30.0 Å². The standard InChI is InChI=1S/C30H29ClN2O3/c1-30(2,29(35)36)18-23-19-33-27(26-6-4-3-5-25(23)26)17-21-7-11-22(12-8-21)28(34)32-16-15-20-9-13-24(31)14-10-20/h3-14,19H,15-18H2,1-2H3,(H,32,34)(H,35,36). The molecular weight excluding hydrogens is 472 g/mol. The van der Waals surface area contributed by atoms with E-state index in [2.05, 4.69) is 5.32 Å². The average Bonchev–Trinajstić information content (AvgIpc) is 2.87. The molecule has 0 aliphatic heterocycles. The van der Waals surface area contributed by atoms with E-state index in [1.165, 1.54) is 0 Å². The van der Waals surface area contributed by atoms with Gasteiger partial charge in [0.25, 0.3) is 5.91 Å². The zero-order chi connectivity index (χ0) is 25.7. The first-order chi connectivity index (χ1) is 17.2. The Morgan fingerprint density at radius 1 is 0.917 bits per heavy atom. The molecule has 1 heterocycles. The number of hydrogen-bond acceptors (Lipinski definition) is 3. The number of carboxylic acid groups (broad SMARTS) is 1. The van der Waals surface area contributed by atoms with Crippen molar-refractivity contribution in [1.82, 2.24) is 10.3 Å². The Balaban J connectivity index is 1.43. The summed E-state index contributed by atoms with van der Waals surface area (Å²) in [4.78, 5) is 28.9. The van der Waals surface area contributed by atoms with E-state index in [9.17, 15) is 14.7 Å². The lowest BCUT2D eigenvalue weighted by Gasteiger charge is -2.20. The molecule has 0 saturated carbocycles. The summed E-state index contributed by atoms with van der Waals surface area (Å²) in [6.07, 6.45) is 3.55. The molecular formula is C30H29ClN2O3. The molecule has 0 unspecified atom stereocenters. The number of pyridine rings is 1. The summed E-state index contributed by atoms with van der Waals surface area (Å²) in [5.74, 6) is -0.936. The molecule has 0 aliphatic rings. The maximum atomic E-state index is 12.5. The largest absolute Gasteiger partial charge is 0.481 e. The van der Waals surface area contributed by atoms with Gasteiger partial charge in [-0.25, -0.2) is 0 Å². The number of carbonyl (C=O) groups is 2. The first kappa shape index (κ1) is 25.4. The van der Waals surface area contributed by atoms with Crippen molar-refractivity contribution in [1.29, 1.82) is 0 Å². The molecule has 4 rings (SSSR count). The quantitative estimate of drug-likeness (QED) is 0.291. The second-order valence-corrected chi connectivity index (χ2v) is 10.1. The maximum absolute atomic E-state index is 12.5. The lowest BCUT2D eigenvalue weighted by molar-refractivity contribution is -0.146. The van der Waals surface area contributed by atoms with E-state index in [1.807, 2.05) is 72.8 Å². The second-order valence-electron chi connectivity index (χ2n) is 9.65. The first-order valence-electron chi connectivity index (χ1n) is 11.9. The van der Waals surface area contributed by atoms with Gasteiger partial charge in [0.1, 0.15) is 0 Å². The van der Waals surface area contributed by atoms with Crippen LogP contribution in [-0.4, -0.2) is 28.5 Å². The lowest BCUT2D eigenvalue weighted by atomic mass is 9.84. The number of fused-ring (bicyclic) bond motifs is 1. The van der Waals surface area contributed by atoms with Gasteiger partial charge in [0, 0.05) is 35.1 Å². The van der Waals surface area contributed by atoms with Crippen LogP contribution in [0.25, 0.3) is 10.8 Å². The molecule has 0 saturated heterocycles. The number of carbonyl (C=O) groups excluding carboxylic acids is 1. The van der Waals surface area contributed by atoms with Gasteiger partial charge < -0.3 is 10.4 Å². The SMILES string of the molecule is CC(C)(Cc1cnc(Cc2ccc(C(=O)NCCc3ccc(Cl)cc3)cc2)c2ccccc12)C(=O)O. The topological polar surface area (TPSA) is 79.3 Å². The van der Waals surface area contributed by atoms with Gasteiger partial charge in [0.05, 0.1) is 11.1 Å². The zero-order valence-corrected chi connectivity index (χ0v) is 21.2. The third kappa shape index (κ3) is 6.10. The van der Waals surface area contributed by atoms with Crippen molar-refractivity contribution in [3.8, 4) is 0 Å². The fourth-order valence-corrected chi connectivity index (χ4v) is 4.31. The van der Waals surface area contributed by atoms with Gasteiger partial charge in [-0.2, -0.15) is 0 Å². The van der Waals surface area contributed by atoms with E-state index < -0.39 is 11.4 Å². The average molecular weight is 501 g/mol. The van der Waals surface area contributed by atoms with Crippen molar-refractivity contribution in [2.75, 3.05) is 6.54 Å². The molecule has 3 aromatic carbocycles. The van der Waals surface area contributed by atoms with Gasteiger partial charge in [0.15, 0.2) is 0 Å². The summed E-state index contributed by atoms with van der Waals surface area (Å²) in [7, 11) is 0.